The summed E-state index contributed by atoms with van der Waals surface area (Å²) in [5, 5.41) is 12.3. The summed E-state index contributed by atoms with van der Waals surface area (Å²) in [6, 6.07) is 16.1. The molecule has 224 valence electrons. The third-order valence-electron chi connectivity index (χ3n) is 6.96. The zero-order chi connectivity index (χ0) is 30.3. The van der Waals surface area contributed by atoms with E-state index in [0.717, 1.165) is 23.6 Å². The summed E-state index contributed by atoms with van der Waals surface area (Å²) in [7, 11) is -2.77. The minimum absolute atomic E-state index is 0.0315. The molecule has 0 saturated heterocycles. The number of fused-ring (bicyclic) bond motifs is 1. The largest absolute Gasteiger partial charge is 0.496 e. The number of ether oxygens (including phenoxy) is 2. The van der Waals surface area contributed by atoms with Crippen LogP contribution in [0.1, 0.15) is 29.5 Å². The number of aryl methyl sites for hydroxylation is 2. The van der Waals surface area contributed by atoms with Gasteiger partial charge < -0.3 is 19.9 Å². The Hall–Kier alpha value is -3.31. The average Bonchev–Trinajstić information content (AvgIpc) is 3.40. The van der Waals surface area contributed by atoms with Gasteiger partial charge in [0.2, 0.25) is 15.9 Å². The van der Waals surface area contributed by atoms with Crippen LogP contribution in [0.2, 0.25) is 10.0 Å². The normalized spacial score (nSPS) is 13.4. The van der Waals surface area contributed by atoms with Crippen molar-refractivity contribution in [3.63, 3.8) is 0 Å². The number of para-hydroxylation sites is 1. The van der Waals surface area contributed by atoms with Gasteiger partial charge in [-0.15, -0.1) is 0 Å². The first-order valence-corrected chi connectivity index (χ1v) is 15.6. The van der Waals surface area contributed by atoms with Crippen LogP contribution in [-0.4, -0.2) is 62.6 Å². The minimum atomic E-state index is -4.27. The molecule has 2 N–H and O–H groups in total. The van der Waals surface area contributed by atoms with E-state index in [9.17, 15) is 23.1 Å². The number of sulfonamides is 1. The molecule has 1 unspecified atom stereocenters. The first kappa shape index (κ1) is 31.6. The predicted octanol–water partition coefficient (Wildman–Crippen LogP) is 4.76. The number of halogens is 2. The van der Waals surface area contributed by atoms with Crippen molar-refractivity contribution in [3.05, 3.63) is 87.4 Å². The average molecular weight is 636 g/mol. The fourth-order valence-corrected chi connectivity index (χ4v) is 7.09. The van der Waals surface area contributed by atoms with Crippen molar-refractivity contribution in [2.24, 2.45) is 0 Å². The van der Waals surface area contributed by atoms with Gasteiger partial charge in [-0.3, -0.25) is 9.59 Å². The first-order chi connectivity index (χ1) is 20.1. The molecule has 0 saturated carbocycles. The zero-order valence-electron chi connectivity index (χ0n) is 23.0. The molecule has 3 aromatic rings. The molecule has 42 heavy (non-hydrogen) atoms. The molecule has 0 heterocycles. The Balaban J connectivity index is 1.52. The van der Waals surface area contributed by atoms with E-state index in [1.54, 1.807) is 24.3 Å². The highest BCUT2D eigenvalue weighted by atomic mass is 35.5. The topological polar surface area (TPSA) is 122 Å². The number of nitrogens with one attached hydrogen (secondary N) is 1. The van der Waals surface area contributed by atoms with E-state index in [-0.39, 0.29) is 40.9 Å². The molecule has 0 aliphatic heterocycles. The lowest BCUT2D eigenvalue weighted by Crippen LogP contribution is -2.46. The Bertz CT molecular complexity index is 1550. The highest BCUT2D eigenvalue weighted by Gasteiger charge is 2.30. The van der Waals surface area contributed by atoms with Crippen LogP contribution in [0.3, 0.4) is 0 Å². The number of methoxy groups -OCH3 is 1. The number of carbonyl (C=O) groups is 2. The number of hydrogen-bond acceptors (Lipinski definition) is 6. The second kappa shape index (κ2) is 14.2. The van der Waals surface area contributed by atoms with Gasteiger partial charge in [0.05, 0.1) is 25.1 Å². The van der Waals surface area contributed by atoms with Crippen molar-refractivity contribution >= 4 is 45.1 Å². The number of carboxylic acid groups (broad SMARTS) is 1. The number of amides is 1. The lowest BCUT2D eigenvalue weighted by Gasteiger charge is -2.24. The number of carboxylic acids is 1. The third-order valence-corrected chi connectivity index (χ3v) is 9.52. The Morgan fingerprint density at radius 2 is 1.81 bits per heavy atom. The number of hydrogen-bond donors (Lipinski definition) is 2. The Morgan fingerprint density at radius 1 is 1.05 bits per heavy atom. The molecular formula is C30H32Cl2N2O7S. The van der Waals surface area contributed by atoms with Crippen molar-refractivity contribution in [3.8, 4) is 11.5 Å². The van der Waals surface area contributed by atoms with Gasteiger partial charge in [0.1, 0.15) is 23.0 Å². The van der Waals surface area contributed by atoms with Crippen LogP contribution in [0.25, 0.3) is 0 Å². The maximum Gasteiger partial charge on any atom is 0.305 e. The van der Waals surface area contributed by atoms with E-state index in [4.69, 9.17) is 32.7 Å². The van der Waals surface area contributed by atoms with E-state index in [0.29, 0.717) is 17.1 Å². The summed E-state index contributed by atoms with van der Waals surface area (Å²) >= 11 is 12.2. The smallest absolute Gasteiger partial charge is 0.305 e. The van der Waals surface area contributed by atoms with E-state index in [1.165, 1.54) is 36.4 Å². The standard InChI is InChI=1S/C30H32Cl2N2O7S/c1-40-27-8-3-2-5-22(27)15-24(18-30(36)37)33-29(35)19-34(42(38,39)28-12-10-23(31)17-26(28)32)13-14-41-25-11-9-20-6-4-7-21(20)16-25/h2-3,5,8-12,16-17,24H,4,6-7,13-15,18-19H2,1H3,(H,33,35)(H,36,37). The molecule has 1 aliphatic rings. The number of aliphatic carboxylic acids is 1. The molecule has 9 nitrogen and oxygen atoms in total. The molecule has 0 radical (unpaired) electrons. The first-order valence-electron chi connectivity index (χ1n) is 13.4. The van der Waals surface area contributed by atoms with Gasteiger partial charge in [-0.05, 0) is 78.8 Å². The highest BCUT2D eigenvalue weighted by molar-refractivity contribution is 7.89. The van der Waals surface area contributed by atoms with Crippen LogP contribution in [-0.2, 0) is 38.9 Å². The summed E-state index contributed by atoms with van der Waals surface area (Å²) in [5.74, 6) is -0.634. The van der Waals surface area contributed by atoms with E-state index < -0.39 is 34.5 Å². The molecule has 0 aromatic heterocycles. The fraction of sp³-hybridized carbons (Fsp3) is 0.333. The molecule has 4 rings (SSSR count). The second-order valence-corrected chi connectivity index (χ2v) is 12.7. The van der Waals surface area contributed by atoms with Crippen molar-refractivity contribution < 1.29 is 32.6 Å². The minimum Gasteiger partial charge on any atom is -0.496 e. The van der Waals surface area contributed by atoms with E-state index in [2.05, 4.69) is 5.32 Å². The van der Waals surface area contributed by atoms with E-state index in [1.807, 2.05) is 18.2 Å². The SMILES string of the molecule is COc1ccccc1CC(CC(=O)O)NC(=O)CN(CCOc1ccc2c(c1)CCC2)S(=O)(=O)c1ccc(Cl)cc1Cl. The van der Waals surface area contributed by atoms with Gasteiger partial charge in [-0.25, -0.2) is 8.42 Å². The maximum absolute atomic E-state index is 13.7. The molecule has 3 aromatic carbocycles. The highest BCUT2D eigenvalue weighted by Crippen LogP contribution is 2.29. The summed E-state index contributed by atoms with van der Waals surface area (Å²) in [5.41, 5.74) is 3.19. The molecule has 12 heteroatoms. The summed E-state index contributed by atoms with van der Waals surface area (Å²) in [4.78, 5) is 24.6. The molecule has 1 atom stereocenters. The third kappa shape index (κ3) is 8.16. The van der Waals surface area contributed by atoms with Crippen molar-refractivity contribution in [1.82, 2.24) is 9.62 Å². The van der Waals surface area contributed by atoms with Crippen LogP contribution in [0.4, 0.5) is 0 Å². The van der Waals surface area contributed by atoms with Gasteiger partial charge in [-0.1, -0.05) is 47.5 Å². The molecular weight excluding hydrogens is 603 g/mol. The molecule has 0 spiro atoms. The van der Waals surface area contributed by atoms with Crippen LogP contribution >= 0.6 is 23.2 Å². The number of carbonyl (C=O) groups excluding carboxylic acids is 1. The zero-order valence-corrected chi connectivity index (χ0v) is 25.3. The second-order valence-electron chi connectivity index (χ2n) is 9.92. The Kier molecular flexibility index (Phi) is 10.7. The lowest BCUT2D eigenvalue weighted by molar-refractivity contribution is -0.137. The van der Waals surface area contributed by atoms with Crippen LogP contribution < -0.4 is 14.8 Å². The maximum atomic E-state index is 13.7. The quantitative estimate of drug-likeness (QED) is 0.262. The number of benzene rings is 3. The van der Waals surface area contributed by atoms with Crippen LogP contribution in [0.5, 0.6) is 11.5 Å². The molecule has 0 bridgehead atoms. The van der Waals surface area contributed by atoms with Gasteiger partial charge in [0.15, 0.2) is 0 Å². The van der Waals surface area contributed by atoms with Gasteiger partial charge in [0.25, 0.3) is 0 Å². The molecule has 0 fully saturated rings. The van der Waals surface area contributed by atoms with Crippen molar-refractivity contribution in [1.29, 1.82) is 0 Å². The lowest BCUT2D eigenvalue weighted by atomic mass is 10.0. The fourth-order valence-electron chi connectivity index (χ4n) is 4.97. The summed E-state index contributed by atoms with van der Waals surface area (Å²) in [6.45, 7) is -0.783. The van der Waals surface area contributed by atoms with Gasteiger partial charge in [0, 0.05) is 17.6 Å². The number of rotatable bonds is 14. The summed E-state index contributed by atoms with van der Waals surface area (Å²) < 4.78 is 39.6. The number of nitrogens with zero attached hydrogens (tertiary/aromatic N) is 1. The summed E-state index contributed by atoms with van der Waals surface area (Å²) in [6.07, 6.45) is 2.87. The molecule has 1 amide bonds. The Morgan fingerprint density at radius 3 is 2.55 bits per heavy atom. The Labute approximate surface area is 255 Å². The predicted molar refractivity (Wildman–Crippen MR) is 160 cm³/mol. The van der Waals surface area contributed by atoms with E-state index >= 15 is 0 Å². The molecule has 1 aliphatic carbocycles. The van der Waals surface area contributed by atoms with Crippen LogP contribution in [0.15, 0.2) is 65.6 Å². The monoisotopic (exact) mass is 634 g/mol. The van der Waals surface area contributed by atoms with Gasteiger partial charge >= 0.3 is 5.97 Å². The van der Waals surface area contributed by atoms with Gasteiger partial charge in [-0.2, -0.15) is 4.31 Å². The van der Waals surface area contributed by atoms with Crippen molar-refractivity contribution in [2.75, 3.05) is 26.8 Å². The van der Waals surface area contributed by atoms with Crippen LogP contribution in [0, 0.1) is 0 Å². The van der Waals surface area contributed by atoms with Crippen molar-refractivity contribution in [2.45, 2.75) is 43.0 Å².